The molecule has 0 bridgehead atoms. The van der Waals surface area contributed by atoms with Crippen molar-refractivity contribution in [1.82, 2.24) is 5.32 Å². The van der Waals surface area contributed by atoms with E-state index < -0.39 is 0 Å². The van der Waals surface area contributed by atoms with Crippen LogP contribution in [0.25, 0.3) is 10.8 Å². The van der Waals surface area contributed by atoms with E-state index in [4.69, 9.17) is 0 Å². The maximum Gasteiger partial charge on any atom is 0.0533 e. The van der Waals surface area contributed by atoms with Crippen molar-refractivity contribution in [3.05, 3.63) is 48.0 Å². The van der Waals surface area contributed by atoms with Gasteiger partial charge in [-0.25, -0.2) is 0 Å². The van der Waals surface area contributed by atoms with Crippen LogP contribution in [0.4, 0.5) is 0 Å². The second-order valence-electron chi connectivity index (χ2n) is 4.25. The molecule has 1 saturated heterocycles. The zero-order valence-electron chi connectivity index (χ0n) is 8.25. The maximum atomic E-state index is 3.39. The van der Waals surface area contributed by atoms with Gasteiger partial charge in [0.15, 0.2) is 0 Å². The number of benzene rings is 2. The Balaban J connectivity index is 2.20. The Bertz CT molecular complexity index is 483. The van der Waals surface area contributed by atoms with Crippen molar-refractivity contribution in [3.8, 4) is 0 Å². The van der Waals surface area contributed by atoms with Gasteiger partial charge in [0.25, 0.3) is 0 Å². The molecule has 1 heterocycles. The zero-order chi connectivity index (χ0) is 9.60. The summed E-state index contributed by atoms with van der Waals surface area (Å²) in [6, 6.07) is 15.2. The molecular formula is C13H13N. The lowest BCUT2D eigenvalue weighted by molar-refractivity contribution is 0.765. The highest BCUT2D eigenvalue weighted by molar-refractivity contribution is 5.83. The van der Waals surface area contributed by atoms with Gasteiger partial charge in [0.2, 0.25) is 0 Å². The fraction of sp³-hybridized carbons (Fsp3) is 0.231. The van der Waals surface area contributed by atoms with Gasteiger partial charge in [-0.2, -0.15) is 0 Å². The molecule has 14 heavy (non-hydrogen) atoms. The Labute approximate surface area is 83.8 Å². The Morgan fingerprint density at radius 3 is 2.50 bits per heavy atom. The third-order valence-corrected chi connectivity index (χ3v) is 3.09. The van der Waals surface area contributed by atoms with Crippen LogP contribution < -0.4 is 5.32 Å². The number of rotatable bonds is 1. The van der Waals surface area contributed by atoms with E-state index in [1.54, 1.807) is 0 Å². The second kappa shape index (κ2) is 2.58. The number of hydrogen-bond acceptors (Lipinski definition) is 1. The van der Waals surface area contributed by atoms with E-state index in [1.807, 2.05) is 0 Å². The zero-order valence-corrected chi connectivity index (χ0v) is 8.25. The second-order valence-corrected chi connectivity index (χ2v) is 4.25. The van der Waals surface area contributed by atoms with E-state index in [-0.39, 0.29) is 5.54 Å². The average molecular weight is 183 g/mol. The number of nitrogens with one attached hydrogen (secondary N) is 1. The highest BCUT2D eigenvalue weighted by atomic mass is 15.1. The molecule has 0 aromatic heterocycles. The molecule has 1 unspecified atom stereocenters. The van der Waals surface area contributed by atoms with Crippen LogP contribution in [-0.2, 0) is 5.54 Å². The molecule has 0 radical (unpaired) electrons. The summed E-state index contributed by atoms with van der Waals surface area (Å²) >= 11 is 0. The Kier molecular flexibility index (Phi) is 1.48. The standard InChI is InChI=1S/C13H13N/c1-13(9-14-13)12-7-6-10-4-2-3-5-11(10)8-12/h2-8,14H,9H2,1H3. The topological polar surface area (TPSA) is 21.9 Å². The van der Waals surface area contributed by atoms with Crippen LogP contribution >= 0.6 is 0 Å². The summed E-state index contributed by atoms with van der Waals surface area (Å²) in [5, 5.41) is 6.04. The highest BCUT2D eigenvalue weighted by Crippen LogP contribution is 2.31. The minimum Gasteiger partial charge on any atom is -0.304 e. The molecular weight excluding hydrogens is 170 g/mol. The van der Waals surface area contributed by atoms with Crippen LogP contribution in [0.15, 0.2) is 42.5 Å². The fourth-order valence-electron chi connectivity index (χ4n) is 1.87. The molecule has 1 aliphatic rings. The van der Waals surface area contributed by atoms with Crippen molar-refractivity contribution < 1.29 is 0 Å². The van der Waals surface area contributed by atoms with E-state index in [0.717, 1.165) is 6.54 Å². The summed E-state index contributed by atoms with van der Waals surface area (Å²) in [4.78, 5) is 0. The van der Waals surface area contributed by atoms with Crippen LogP contribution in [0.3, 0.4) is 0 Å². The predicted molar refractivity (Wildman–Crippen MR) is 59.3 cm³/mol. The fourth-order valence-corrected chi connectivity index (χ4v) is 1.87. The third-order valence-electron chi connectivity index (χ3n) is 3.09. The van der Waals surface area contributed by atoms with Crippen LogP contribution in [0.1, 0.15) is 12.5 Å². The van der Waals surface area contributed by atoms with Crippen molar-refractivity contribution in [2.45, 2.75) is 12.5 Å². The number of hydrogen-bond donors (Lipinski definition) is 1. The van der Waals surface area contributed by atoms with Crippen LogP contribution in [0, 0.1) is 0 Å². The van der Waals surface area contributed by atoms with Crippen LogP contribution in [-0.4, -0.2) is 6.54 Å². The normalized spacial score (nSPS) is 25.2. The SMILES string of the molecule is CC1(c2ccc3ccccc3c2)CN1. The summed E-state index contributed by atoms with van der Waals surface area (Å²) in [5.74, 6) is 0. The average Bonchev–Trinajstić information content (AvgIpc) is 2.97. The largest absolute Gasteiger partial charge is 0.304 e. The lowest BCUT2D eigenvalue weighted by Crippen LogP contribution is -2.05. The first kappa shape index (κ1) is 8.01. The van der Waals surface area contributed by atoms with Crippen molar-refractivity contribution in [3.63, 3.8) is 0 Å². The monoisotopic (exact) mass is 183 g/mol. The first-order valence-electron chi connectivity index (χ1n) is 5.02. The van der Waals surface area contributed by atoms with Gasteiger partial charge >= 0.3 is 0 Å². The Morgan fingerprint density at radius 2 is 1.79 bits per heavy atom. The Morgan fingerprint density at radius 1 is 1.07 bits per heavy atom. The molecule has 1 heteroatoms. The van der Waals surface area contributed by atoms with Crippen molar-refractivity contribution in [2.24, 2.45) is 0 Å². The van der Waals surface area contributed by atoms with Crippen LogP contribution in [0.2, 0.25) is 0 Å². The van der Waals surface area contributed by atoms with Crippen molar-refractivity contribution in [2.75, 3.05) is 6.54 Å². The number of fused-ring (bicyclic) bond motifs is 1. The molecule has 2 aromatic rings. The molecule has 0 aliphatic carbocycles. The Hall–Kier alpha value is -1.34. The summed E-state index contributed by atoms with van der Waals surface area (Å²) in [5.41, 5.74) is 1.64. The van der Waals surface area contributed by atoms with Gasteiger partial charge in [-0.1, -0.05) is 36.4 Å². The quantitative estimate of drug-likeness (QED) is 0.674. The maximum absolute atomic E-state index is 3.39. The van der Waals surface area contributed by atoms with Gasteiger partial charge < -0.3 is 5.32 Å². The molecule has 1 atom stereocenters. The predicted octanol–water partition coefficient (Wildman–Crippen LogP) is 2.66. The van der Waals surface area contributed by atoms with Gasteiger partial charge in [0, 0.05) is 6.54 Å². The van der Waals surface area contributed by atoms with Gasteiger partial charge in [-0.05, 0) is 29.3 Å². The van der Waals surface area contributed by atoms with Crippen LogP contribution in [0.5, 0.6) is 0 Å². The molecule has 1 nitrogen and oxygen atoms in total. The van der Waals surface area contributed by atoms with Gasteiger partial charge in [-0.15, -0.1) is 0 Å². The van der Waals surface area contributed by atoms with Crippen molar-refractivity contribution >= 4 is 10.8 Å². The molecule has 0 spiro atoms. The molecule has 0 saturated carbocycles. The van der Waals surface area contributed by atoms with E-state index in [0.29, 0.717) is 0 Å². The first-order chi connectivity index (χ1) is 6.78. The first-order valence-corrected chi connectivity index (χ1v) is 5.02. The van der Waals surface area contributed by atoms with E-state index in [1.165, 1.54) is 16.3 Å². The summed E-state index contributed by atoms with van der Waals surface area (Å²) in [7, 11) is 0. The summed E-state index contributed by atoms with van der Waals surface area (Å²) in [6.45, 7) is 3.35. The van der Waals surface area contributed by atoms with Gasteiger partial charge in [0.05, 0.1) is 5.54 Å². The van der Waals surface area contributed by atoms with E-state index >= 15 is 0 Å². The lowest BCUT2D eigenvalue weighted by Gasteiger charge is -2.08. The molecule has 1 fully saturated rings. The van der Waals surface area contributed by atoms with E-state index in [2.05, 4.69) is 54.7 Å². The summed E-state index contributed by atoms with van der Waals surface area (Å²) in [6.07, 6.45) is 0. The third kappa shape index (κ3) is 1.13. The molecule has 2 aromatic carbocycles. The highest BCUT2D eigenvalue weighted by Gasteiger charge is 2.38. The minimum absolute atomic E-state index is 0.240. The van der Waals surface area contributed by atoms with E-state index in [9.17, 15) is 0 Å². The smallest absolute Gasteiger partial charge is 0.0533 e. The molecule has 1 aliphatic heterocycles. The lowest BCUT2D eigenvalue weighted by atomic mass is 9.98. The molecule has 70 valence electrons. The minimum atomic E-state index is 0.240. The molecule has 1 N–H and O–H groups in total. The van der Waals surface area contributed by atoms with Gasteiger partial charge in [-0.3, -0.25) is 0 Å². The van der Waals surface area contributed by atoms with Gasteiger partial charge in [0.1, 0.15) is 0 Å². The molecule has 3 rings (SSSR count). The van der Waals surface area contributed by atoms with Crippen molar-refractivity contribution in [1.29, 1.82) is 0 Å². The summed E-state index contributed by atoms with van der Waals surface area (Å²) < 4.78 is 0. The molecule has 0 amide bonds.